The van der Waals surface area contributed by atoms with E-state index in [0.717, 1.165) is 5.56 Å². The molecule has 0 saturated carbocycles. The Labute approximate surface area is 138 Å². The van der Waals surface area contributed by atoms with Gasteiger partial charge in [-0.3, -0.25) is 5.32 Å². The lowest BCUT2D eigenvalue weighted by molar-refractivity contribution is -0.132. The Morgan fingerprint density at radius 2 is 1.74 bits per heavy atom. The van der Waals surface area contributed by atoms with Crippen LogP contribution in [0.5, 0.6) is 0 Å². The van der Waals surface area contributed by atoms with Crippen molar-refractivity contribution >= 4 is 29.7 Å². The second-order valence-corrected chi connectivity index (χ2v) is 4.98. The second-order valence-electron chi connectivity index (χ2n) is 4.57. The molecule has 2 aromatic carbocycles. The van der Waals surface area contributed by atoms with Crippen LogP contribution in [-0.2, 0) is 16.1 Å². The monoisotopic (exact) mass is 331 g/mol. The minimum Gasteiger partial charge on any atom is -0.477 e. The van der Waals surface area contributed by atoms with Crippen molar-refractivity contribution in [1.29, 1.82) is 0 Å². The van der Waals surface area contributed by atoms with Crippen LogP contribution in [0.25, 0.3) is 6.08 Å². The van der Waals surface area contributed by atoms with Crippen LogP contribution in [0.3, 0.4) is 0 Å². The summed E-state index contributed by atoms with van der Waals surface area (Å²) in [5.74, 6) is -1.29. The lowest BCUT2D eigenvalue weighted by Crippen LogP contribution is -2.27. The van der Waals surface area contributed by atoms with Gasteiger partial charge in [0.15, 0.2) is 0 Å². The number of carboxylic acids is 1. The summed E-state index contributed by atoms with van der Waals surface area (Å²) < 4.78 is 4.99. The van der Waals surface area contributed by atoms with Gasteiger partial charge >= 0.3 is 12.1 Å². The average molecular weight is 332 g/mol. The maximum Gasteiger partial charge on any atom is 0.412 e. The Bertz CT molecular complexity index is 728. The summed E-state index contributed by atoms with van der Waals surface area (Å²) in [6.07, 6.45) is 0.420. The molecule has 2 rings (SSSR count). The van der Waals surface area contributed by atoms with Crippen LogP contribution < -0.4 is 5.32 Å². The van der Waals surface area contributed by atoms with Gasteiger partial charge in [0.25, 0.3) is 0 Å². The predicted octanol–water partition coefficient (Wildman–Crippen LogP) is 3.69. The molecule has 1 amide bonds. The van der Waals surface area contributed by atoms with E-state index in [0.29, 0.717) is 10.6 Å². The molecular formula is C17H14ClNO4. The van der Waals surface area contributed by atoms with E-state index >= 15 is 0 Å². The van der Waals surface area contributed by atoms with Gasteiger partial charge in [-0.05, 0) is 23.3 Å². The molecule has 2 aromatic rings. The van der Waals surface area contributed by atoms with Crippen LogP contribution >= 0.6 is 11.6 Å². The van der Waals surface area contributed by atoms with E-state index in [9.17, 15) is 14.7 Å². The van der Waals surface area contributed by atoms with E-state index in [4.69, 9.17) is 16.3 Å². The van der Waals surface area contributed by atoms with Gasteiger partial charge in [0, 0.05) is 5.02 Å². The van der Waals surface area contributed by atoms with Crippen molar-refractivity contribution in [3.8, 4) is 0 Å². The molecule has 0 aliphatic heterocycles. The summed E-state index contributed by atoms with van der Waals surface area (Å²) in [6, 6.07) is 15.8. The summed E-state index contributed by atoms with van der Waals surface area (Å²) in [5.41, 5.74) is 0.959. The second kappa shape index (κ2) is 8.00. The van der Waals surface area contributed by atoms with Gasteiger partial charge in [0.05, 0.1) is 0 Å². The van der Waals surface area contributed by atoms with Gasteiger partial charge in [-0.2, -0.15) is 0 Å². The van der Waals surface area contributed by atoms with Gasteiger partial charge in [0.1, 0.15) is 12.3 Å². The Morgan fingerprint density at radius 1 is 1.09 bits per heavy atom. The molecule has 2 N–H and O–H groups in total. The summed E-state index contributed by atoms with van der Waals surface area (Å²) >= 11 is 5.97. The molecule has 0 aliphatic rings. The molecule has 5 nitrogen and oxygen atoms in total. The van der Waals surface area contributed by atoms with Crippen LogP contribution in [0.4, 0.5) is 4.79 Å². The zero-order chi connectivity index (χ0) is 16.7. The SMILES string of the molecule is O=C(N/C(=C/c1ccccc1Cl)C(=O)O)OCc1ccccc1. The van der Waals surface area contributed by atoms with Crippen molar-refractivity contribution in [2.75, 3.05) is 0 Å². The molecule has 0 bridgehead atoms. The average Bonchev–Trinajstić information content (AvgIpc) is 2.55. The normalized spacial score (nSPS) is 10.9. The van der Waals surface area contributed by atoms with E-state index in [1.165, 1.54) is 6.08 Å². The Hall–Kier alpha value is -2.79. The fourth-order valence-corrected chi connectivity index (χ4v) is 1.96. The van der Waals surface area contributed by atoms with Crippen LogP contribution in [0, 0.1) is 0 Å². The number of carbonyl (C=O) groups is 2. The number of amides is 1. The number of hydrogen-bond donors (Lipinski definition) is 2. The maximum atomic E-state index is 11.7. The van der Waals surface area contributed by atoms with Gasteiger partial charge in [0.2, 0.25) is 0 Å². The van der Waals surface area contributed by atoms with Crippen molar-refractivity contribution in [3.05, 3.63) is 76.4 Å². The molecule has 0 saturated heterocycles. The van der Waals surface area contributed by atoms with Crippen molar-refractivity contribution in [2.45, 2.75) is 6.61 Å². The number of alkyl carbamates (subject to hydrolysis) is 1. The van der Waals surface area contributed by atoms with Crippen LogP contribution in [0.2, 0.25) is 5.02 Å². The van der Waals surface area contributed by atoms with Crippen molar-refractivity contribution in [2.24, 2.45) is 0 Å². The number of nitrogens with one attached hydrogen (secondary N) is 1. The van der Waals surface area contributed by atoms with Crippen molar-refractivity contribution < 1.29 is 19.4 Å². The van der Waals surface area contributed by atoms with Gasteiger partial charge < -0.3 is 9.84 Å². The Kier molecular flexibility index (Phi) is 5.77. The molecule has 0 atom stereocenters. The third kappa shape index (κ3) is 5.16. The number of benzene rings is 2. The molecule has 0 heterocycles. The van der Waals surface area contributed by atoms with Gasteiger partial charge in [-0.25, -0.2) is 9.59 Å². The fourth-order valence-electron chi connectivity index (χ4n) is 1.77. The van der Waals surface area contributed by atoms with Crippen molar-refractivity contribution in [1.82, 2.24) is 5.32 Å². The zero-order valence-corrected chi connectivity index (χ0v) is 12.8. The van der Waals surface area contributed by atoms with Crippen molar-refractivity contribution in [3.63, 3.8) is 0 Å². The third-order valence-electron chi connectivity index (χ3n) is 2.88. The van der Waals surface area contributed by atoms with E-state index < -0.39 is 12.1 Å². The Morgan fingerprint density at radius 3 is 2.39 bits per heavy atom. The zero-order valence-electron chi connectivity index (χ0n) is 12.0. The first-order valence-corrected chi connectivity index (χ1v) is 7.11. The van der Waals surface area contributed by atoms with Crippen LogP contribution in [0.1, 0.15) is 11.1 Å². The maximum absolute atomic E-state index is 11.7. The first kappa shape index (κ1) is 16.6. The quantitative estimate of drug-likeness (QED) is 0.819. The molecule has 0 spiro atoms. The highest BCUT2D eigenvalue weighted by Gasteiger charge is 2.13. The summed E-state index contributed by atoms with van der Waals surface area (Å²) in [4.78, 5) is 23.0. The molecule has 0 unspecified atom stereocenters. The predicted molar refractivity (Wildman–Crippen MR) is 86.8 cm³/mol. The lowest BCUT2D eigenvalue weighted by Gasteiger charge is -2.08. The van der Waals surface area contributed by atoms with Gasteiger partial charge in [-0.1, -0.05) is 60.1 Å². The first-order chi connectivity index (χ1) is 11.1. The Balaban J connectivity index is 2.03. The van der Waals surface area contributed by atoms with Crippen LogP contribution in [-0.4, -0.2) is 17.2 Å². The standard InChI is InChI=1S/C17H14ClNO4/c18-14-9-5-4-8-13(14)10-15(16(20)21)19-17(22)23-11-12-6-2-1-3-7-12/h1-10H,11H2,(H,19,22)(H,20,21)/b15-10+. The summed E-state index contributed by atoms with van der Waals surface area (Å²) in [5, 5.41) is 11.8. The topological polar surface area (TPSA) is 75.6 Å². The fraction of sp³-hybridized carbons (Fsp3) is 0.0588. The number of hydrogen-bond acceptors (Lipinski definition) is 3. The largest absolute Gasteiger partial charge is 0.477 e. The highest BCUT2D eigenvalue weighted by Crippen LogP contribution is 2.17. The highest BCUT2D eigenvalue weighted by molar-refractivity contribution is 6.32. The summed E-state index contributed by atoms with van der Waals surface area (Å²) in [7, 11) is 0. The minimum atomic E-state index is -1.29. The highest BCUT2D eigenvalue weighted by atomic mass is 35.5. The molecule has 0 aromatic heterocycles. The lowest BCUT2D eigenvalue weighted by atomic mass is 10.2. The molecular weight excluding hydrogens is 318 g/mol. The number of rotatable bonds is 5. The molecule has 118 valence electrons. The van der Waals surface area contributed by atoms with Crippen LogP contribution in [0.15, 0.2) is 60.3 Å². The van der Waals surface area contributed by atoms with E-state index in [1.807, 2.05) is 18.2 Å². The molecule has 23 heavy (non-hydrogen) atoms. The smallest absolute Gasteiger partial charge is 0.412 e. The first-order valence-electron chi connectivity index (χ1n) is 6.73. The number of ether oxygens (including phenoxy) is 1. The third-order valence-corrected chi connectivity index (χ3v) is 3.23. The van der Waals surface area contributed by atoms with E-state index in [1.54, 1.807) is 36.4 Å². The number of halogens is 1. The molecule has 6 heteroatoms. The molecule has 0 fully saturated rings. The number of aliphatic carboxylic acids is 1. The van der Waals surface area contributed by atoms with E-state index in [-0.39, 0.29) is 12.3 Å². The van der Waals surface area contributed by atoms with Gasteiger partial charge in [-0.15, -0.1) is 0 Å². The summed E-state index contributed by atoms with van der Waals surface area (Å²) in [6.45, 7) is 0.0473. The molecule has 0 aliphatic carbocycles. The number of carbonyl (C=O) groups excluding carboxylic acids is 1. The van der Waals surface area contributed by atoms with E-state index in [2.05, 4.69) is 5.32 Å². The minimum absolute atomic E-state index is 0.0473. The number of carboxylic acid groups (broad SMARTS) is 1. The molecule has 0 radical (unpaired) electrons.